The van der Waals surface area contributed by atoms with Gasteiger partial charge in [-0.25, -0.2) is 0 Å². The molecule has 2 amide bonds. The molecule has 1 aliphatic rings. The van der Waals surface area contributed by atoms with Crippen molar-refractivity contribution < 1.29 is 9.59 Å². The van der Waals surface area contributed by atoms with Crippen molar-refractivity contribution in [1.29, 1.82) is 0 Å². The predicted molar refractivity (Wildman–Crippen MR) is 94.9 cm³/mol. The number of halogens is 1. The monoisotopic (exact) mass is 340 g/mol. The molecule has 0 fully saturated rings. The van der Waals surface area contributed by atoms with Crippen LogP contribution in [0.3, 0.4) is 0 Å². The molecule has 0 saturated carbocycles. The smallest absolute Gasteiger partial charge is 0.251 e. The fraction of sp³-hybridized carbons (Fsp3) is 0.500. The summed E-state index contributed by atoms with van der Waals surface area (Å²) in [6.07, 6.45) is 0. The summed E-state index contributed by atoms with van der Waals surface area (Å²) in [6, 6.07) is 6.10. The molecule has 6 nitrogen and oxygen atoms in total. The Labute approximate surface area is 143 Å². The van der Waals surface area contributed by atoms with Crippen molar-refractivity contribution in [2.24, 2.45) is 11.7 Å². The van der Waals surface area contributed by atoms with Crippen LogP contribution in [0.15, 0.2) is 24.3 Å². The molecule has 0 spiro atoms. The van der Waals surface area contributed by atoms with Crippen molar-refractivity contribution in [3.63, 3.8) is 0 Å². The molecule has 4 N–H and O–H groups in total. The summed E-state index contributed by atoms with van der Waals surface area (Å²) in [7, 11) is 1.72. The van der Waals surface area contributed by atoms with Crippen molar-refractivity contribution in [2.45, 2.75) is 38.9 Å². The number of para-hydroxylation sites is 2. The van der Waals surface area contributed by atoms with Gasteiger partial charge in [0, 0.05) is 7.05 Å². The maximum Gasteiger partial charge on any atom is 0.251 e. The van der Waals surface area contributed by atoms with E-state index in [0.717, 1.165) is 11.4 Å². The van der Waals surface area contributed by atoms with Crippen LogP contribution < -0.4 is 21.3 Å². The van der Waals surface area contributed by atoms with Crippen LogP contribution >= 0.6 is 12.4 Å². The predicted octanol–water partition coefficient (Wildman–Crippen LogP) is 1.35. The third-order valence-electron chi connectivity index (χ3n) is 3.97. The lowest BCUT2D eigenvalue weighted by Crippen LogP contribution is -2.58. The second-order valence-corrected chi connectivity index (χ2v) is 6.10. The molecule has 1 aliphatic heterocycles. The molecule has 0 aromatic heterocycles. The summed E-state index contributed by atoms with van der Waals surface area (Å²) in [5.74, 6) is -0.322. The van der Waals surface area contributed by atoms with E-state index in [1.165, 1.54) is 0 Å². The van der Waals surface area contributed by atoms with E-state index in [1.54, 1.807) is 18.9 Å². The van der Waals surface area contributed by atoms with E-state index >= 15 is 0 Å². The lowest BCUT2D eigenvalue weighted by atomic mass is 9.95. The summed E-state index contributed by atoms with van der Waals surface area (Å²) in [4.78, 5) is 26.4. The Morgan fingerprint density at radius 1 is 1.30 bits per heavy atom. The average Bonchev–Trinajstić information content (AvgIpc) is 2.58. The largest absolute Gasteiger partial charge is 0.378 e. The van der Waals surface area contributed by atoms with Gasteiger partial charge in [-0.1, -0.05) is 26.0 Å². The van der Waals surface area contributed by atoms with Crippen LogP contribution in [-0.2, 0) is 9.59 Å². The molecule has 1 aromatic carbocycles. The summed E-state index contributed by atoms with van der Waals surface area (Å²) >= 11 is 0. The Bertz CT molecular complexity index is 577. The van der Waals surface area contributed by atoms with Crippen LogP contribution in [-0.4, -0.2) is 37.0 Å². The number of benzene rings is 1. The summed E-state index contributed by atoms with van der Waals surface area (Å²) in [6.45, 7) is 5.64. The third-order valence-corrected chi connectivity index (χ3v) is 3.97. The zero-order valence-corrected chi connectivity index (χ0v) is 14.7. The highest BCUT2D eigenvalue weighted by molar-refractivity contribution is 6.03. The van der Waals surface area contributed by atoms with Crippen molar-refractivity contribution in [3.05, 3.63) is 24.3 Å². The number of carbonyl (C=O) groups excluding carboxylic acids is 2. The first-order valence-corrected chi connectivity index (χ1v) is 7.52. The van der Waals surface area contributed by atoms with Crippen molar-refractivity contribution in [2.75, 3.05) is 17.3 Å². The first-order chi connectivity index (χ1) is 10.3. The fourth-order valence-electron chi connectivity index (χ4n) is 2.62. The Balaban J connectivity index is 0.00000264. The van der Waals surface area contributed by atoms with E-state index in [9.17, 15) is 9.59 Å². The van der Waals surface area contributed by atoms with Gasteiger partial charge in [0.2, 0.25) is 5.91 Å². The van der Waals surface area contributed by atoms with E-state index in [4.69, 9.17) is 5.73 Å². The van der Waals surface area contributed by atoms with E-state index in [0.29, 0.717) is 0 Å². The Morgan fingerprint density at radius 3 is 2.48 bits per heavy atom. The zero-order valence-electron chi connectivity index (χ0n) is 13.9. The van der Waals surface area contributed by atoms with E-state index in [2.05, 4.69) is 10.6 Å². The molecule has 0 radical (unpaired) electrons. The first-order valence-electron chi connectivity index (χ1n) is 7.52. The van der Waals surface area contributed by atoms with Crippen LogP contribution in [0.5, 0.6) is 0 Å². The topological polar surface area (TPSA) is 87.5 Å². The van der Waals surface area contributed by atoms with Gasteiger partial charge in [0.1, 0.15) is 6.04 Å². The molecule has 2 rings (SSSR count). The van der Waals surface area contributed by atoms with Crippen molar-refractivity contribution in [3.8, 4) is 0 Å². The third kappa shape index (κ3) is 3.95. The average molecular weight is 341 g/mol. The number of likely N-dealkylation sites (N-methyl/N-ethyl adjacent to an activating group) is 1. The number of anilines is 2. The van der Waals surface area contributed by atoms with E-state index in [1.807, 2.05) is 38.1 Å². The number of nitrogens with one attached hydrogen (secondary N) is 2. The summed E-state index contributed by atoms with van der Waals surface area (Å²) in [5, 5.41) is 6.18. The number of carbonyl (C=O) groups is 2. The minimum Gasteiger partial charge on any atom is -0.378 e. The molecule has 1 heterocycles. The molecular weight excluding hydrogens is 316 g/mol. The van der Waals surface area contributed by atoms with E-state index < -0.39 is 12.1 Å². The van der Waals surface area contributed by atoms with Gasteiger partial charge in [-0.3, -0.25) is 9.59 Å². The standard InChI is InChI=1S/C16H24N4O2.ClH/c1-9(2)13-14(19-15(21)10(3)17)16(22)20(4)12-8-6-5-7-11(12)18-13;/h5-10,13-14,18H,17H2,1-4H3,(H,19,21);1H/t10-,13?,14?;/m0./s1. The van der Waals surface area contributed by atoms with Crippen LogP contribution in [0.1, 0.15) is 20.8 Å². The molecule has 2 unspecified atom stereocenters. The van der Waals surface area contributed by atoms with Gasteiger partial charge in [0.05, 0.1) is 23.5 Å². The Kier molecular flexibility index (Phi) is 6.41. The Hall–Kier alpha value is -1.79. The van der Waals surface area contributed by atoms with Gasteiger partial charge in [-0.05, 0) is 25.0 Å². The Morgan fingerprint density at radius 2 is 1.91 bits per heavy atom. The van der Waals surface area contributed by atoms with E-state index in [-0.39, 0.29) is 36.2 Å². The van der Waals surface area contributed by atoms with Gasteiger partial charge < -0.3 is 21.3 Å². The molecular formula is C16H25ClN4O2. The molecule has 0 aliphatic carbocycles. The van der Waals surface area contributed by atoms with Gasteiger partial charge >= 0.3 is 0 Å². The van der Waals surface area contributed by atoms with Crippen LogP contribution in [0.25, 0.3) is 0 Å². The van der Waals surface area contributed by atoms with Crippen LogP contribution in [0.4, 0.5) is 11.4 Å². The SMILES string of the molecule is CC(C)C1Nc2ccccc2N(C)C(=O)C1NC(=O)[C@H](C)N.Cl. The number of amides is 2. The van der Waals surface area contributed by atoms with Crippen molar-refractivity contribution >= 4 is 35.6 Å². The quantitative estimate of drug-likeness (QED) is 0.775. The summed E-state index contributed by atoms with van der Waals surface area (Å²) in [5.41, 5.74) is 7.31. The number of nitrogens with zero attached hydrogens (tertiary/aromatic N) is 1. The number of fused-ring (bicyclic) bond motifs is 1. The number of rotatable bonds is 3. The number of hydrogen-bond acceptors (Lipinski definition) is 4. The minimum absolute atomic E-state index is 0. The highest BCUT2D eigenvalue weighted by Gasteiger charge is 2.38. The maximum absolute atomic E-state index is 12.8. The first kappa shape index (κ1) is 19.3. The summed E-state index contributed by atoms with van der Waals surface area (Å²) < 4.78 is 0. The molecule has 23 heavy (non-hydrogen) atoms. The maximum atomic E-state index is 12.8. The van der Waals surface area contributed by atoms with Crippen LogP contribution in [0.2, 0.25) is 0 Å². The molecule has 7 heteroatoms. The molecule has 0 saturated heterocycles. The second kappa shape index (κ2) is 7.66. The fourth-order valence-corrected chi connectivity index (χ4v) is 2.62. The van der Waals surface area contributed by atoms with Gasteiger partial charge in [0.25, 0.3) is 5.91 Å². The molecule has 3 atom stereocenters. The highest BCUT2D eigenvalue weighted by atomic mass is 35.5. The molecule has 1 aromatic rings. The zero-order chi connectivity index (χ0) is 16.4. The number of hydrogen-bond donors (Lipinski definition) is 3. The van der Waals surface area contributed by atoms with Gasteiger partial charge in [-0.15, -0.1) is 12.4 Å². The highest BCUT2D eigenvalue weighted by Crippen LogP contribution is 2.31. The van der Waals surface area contributed by atoms with Gasteiger partial charge in [0.15, 0.2) is 0 Å². The normalized spacial score (nSPS) is 21.7. The molecule has 128 valence electrons. The lowest BCUT2D eigenvalue weighted by Gasteiger charge is -2.30. The van der Waals surface area contributed by atoms with Crippen LogP contribution in [0, 0.1) is 5.92 Å². The minimum atomic E-state index is -0.657. The van der Waals surface area contributed by atoms with Crippen molar-refractivity contribution in [1.82, 2.24) is 5.32 Å². The second-order valence-electron chi connectivity index (χ2n) is 6.10. The lowest BCUT2D eigenvalue weighted by molar-refractivity contribution is -0.128. The number of nitrogens with two attached hydrogens (primary N) is 1. The molecule has 0 bridgehead atoms. The van der Waals surface area contributed by atoms with Gasteiger partial charge in [-0.2, -0.15) is 0 Å².